The van der Waals surface area contributed by atoms with Crippen LogP contribution < -0.4 is 4.74 Å². The number of carbonyl (C=O) groups is 2. The molecule has 0 saturated carbocycles. The number of hydrogen-bond donors (Lipinski definition) is 0. The van der Waals surface area contributed by atoms with Gasteiger partial charge in [-0.2, -0.15) is 0 Å². The molecule has 1 heterocycles. The number of amides is 2. The van der Waals surface area contributed by atoms with Gasteiger partial charge in [0.1, 0.15) is 11.6 Å². The van der Waals surface area contributed by atoms with Crippen LogP contribution in [0.3, 0.4) is 0 Å². The van der Waals surface area contributed by atoms with Crippen LogP contribution in [0.5, 0.6) is 5.75 Å². The van der Waals surface area contributed by atoms with Crippen molar-refractivity contribution in [2.75, 3.05) is 32.8 Å². The smallest absolute Gasteiger partial charge is 0.253 e. The average Bonchev–Trinajstić information content (AvgIpc) is 2.99. The van der Waals surface area contributed by atoms with Gasteiger partial charge in [0.15, 0.2) is 0 Å². The van der Waals surface area contributed by atoms with E-state index in [1.807, 2.05) is 36.1 Å². The van der Waals surface area contributed by atoms with Crippen molar-refractivity contribution >= 4 is 11.8 Å². The molecule has 0 N–H and O–H groups in total. The Morgan fingerprint density at radius 2 is 1.59 bits per heavy atom. The molecule has 5 nitrogen and oxygen atoms in total. The zero-order valence-corrected chi connectivity index (χ0v) is 16.8. The Morgan fingerprint density at radius 1 is 0.931 bits per heavy atom. The fraction of sp³-hybridized carbons (Fsp3) is 0.391. The minimum absolute atomic E-state index is 0.0913. The van der Waals surface area contributed by atoms with Crippen molar-refractivity contribution in [1.29, 1.82) is 0 Å². The highest BCUT2D eigenvalue weighted by Gasteiger charge is 2.22. The maximum absolute atomic E-state index is 13.1. The molecule has 0 aliphatic carbocycles. The van der Waals surface area contributed by atoms with E-state index in [0.717, 1.165) is 12.2 Å². The predicted octanol–water partition coefficient (Wildman–Crippen LogP) is 3.67. The lowest BCUT2D eigenvalue weighted by molar-refractivity contribution is -0.131. The van der Waals surface area contributed by atoms with Crippen LogP contribution in [0.15, 0.2) is 48.5 Å². The summed E-state index contributed by atoms with van der Waals surface area (Å²) in [5.41, 5.74) is 1.65. The molecule has 1 fully saturated rings. The second-order valence-electron chi connectivity index (χ2n) is 7.30. The zero-order chi connectivity index (χ0) is 20.6. The van der Waals surface area contributed by atoms with Crippen molar-refractivity contribution in [3.63, 3.8) is 0 Å². The first kappa shape index (κ1) is 20.8. The predicted molar refractivity (Wildman–Crippen MR) is 109 cm³/mol. The number of benzene rings is 2. The Labute approximate surface area is 171 Å². The summed E-state index contributed by atoms with van der Waals surface area (Å²) in [6, 6.07) is 13.4. The van der Waals surface area contributed by atoms with E-state index in [2.05, 4.69) is 0 Å². The molecule has 2 aromatic rings. The first-order valence-corrected chi connectivity index (χ1v) is 10.0. The van der Waals surface area contributed by atoms with Crippen LogP contribution in [0.4, 0.5) is 4.39 Å². The van der Waals surface area contributed by atoms with Crippen LogP contribution in [-0.2, 0) is 4.79 Å². The van der Waals surface area contributed by atoms with Crippen LogP contribution in [0.25, 0.3) is 0 Å². The molecule has 0 aromatic heterocycles. The zero-order valence-electron chi connectivity index (χ0n) is 16.8. The van der Waals surface area contributed by atoms with E-state index >= 15 is 0 Å². The molecule has 0 bridgehead atoms. The lowest BCUT2D eigenvalue weighted by atomic mass is 10.2. The molecular formula is C23H27FN2O3. The fourth-order valence-corrected chi connectivity index (χ4v) is 3.35. The summed E-state index contributed by atoms with van der Waals surface area (Å²) in [6.07, 6.45) is 1.82. The van der Waals surface area contributed by atoms with Crippen molar-refractivity contribution < 1.29 is 18.7 Å². The maximum Gasteiger partial charge on any atom is 0.253 e. The molecule has 29 heavy (non-hydrogen) atoms. The molecule has 0 atom stereocenters. The second kappa shape index (κ2) is 10.0. The molecule has 0 unspecified atom stereocenters. The van der Waals surface area contributed by atoms with Gasteiger partial charge in [0.25, 0.3) is 5.91 Å². The van der Waals surface area contributed by atoms with E-state index in [9.17, 15) is 14.0 Å². The summed E-state index contributed by atoms with van der Waals surface area (Å²) >= 11 is 0. The monoisotopic (exact) mass is 398 g/mol. The highest BCUT2D eigenvalue weighted by Crippen LogP contribution is 2.13. The van der Waals surface area contributed by atoms with Gasteiger partial charge in [-0.3, -0.25) is 9.59 Å². The lowest BCUT2D eigenvalue weighted by Crippen LogP contribution is -2.37. The van der Waals surface area contributed by atoms with Gasteiger partial charge in [-0.05, 0) is 56.2 Å². The molecule has 1 aliphatic rings. The highest BCUT2D eigenvalue weighted by molar-refractivity contribution is 5.94. The second-order valence-corrected chi connectivity index (χ2v) is 7.30. The van der Waals surface area contributed by atoms with Crippen molar-refractivity contribution in [3.8, 4) is 5.75 Å². The number of carbonyl (C=O) groups excluding carboxylic acids is 2. The third-order valence-electron chi connectivity index (χ3n) is 5.05. The van der Waals surface area contributed by atoms with Gasteiger partial charge >= 0.3 is 0 Å². The number of ether oxygens (including phenoxy) is 1. The van der Waals surface area contributed by atoms with Crippen molar-refractivity contribution in [2.45, 2.75) is 26.2 Å². The van der Waals surface area contributed by atoms with E-state index in [0.29, 0.717) is 51.2 Å². The van der Waals surface area contributed by atoms with Crippen molar-refractivity contribution in [3.05, 3.63) is 65.5 Å². The lowest BCUT2D eigenvalue weighted by Gasteiger charge is -2.22. The summed E-state index contributed by atoms with van der Waals surface area (Å²) in [4.78, 5) is 28.7. The minimum atomic E-state index is -0.361. The minimum Gasteiger partial charge on any atom is -0.494 e. The van der Waals surface area contributed by atoms with Gasteiger partial charge in [0.05, 0.1) is 6.61 Å². The van der Waals surface area contributed by atoms with Gasteiger partial charge in [-0.1, -0.05) is 17.7 Å². The number of hydrogen-bond acceptors (Lipinski definition) is 3. The highest BCUT2D eigenvalue weighted by atomic mass is 19.1. The Bertz CT molecular complexity index is 821. The Hall–Kier alpha value is -2.89. The average molecular weight is 398 g/mol. The molecule has 0 radical (unpaired) electrons. The Kier molecular flexibility index (Phi) is 7.22. The van der Waals surface area contributed by atoms with Crippen LogP contribution >= 0.6 is 0 Å². The van der Waals surface area contributed by atoms with Crippen LogP contribution in [0.1, 0.15) is 35.2 Å². The third kappa shape index (κ3) is 6.04. The van der Waals surface area contributed by atoms with Crippen molar-refractivity contribution in [1.82, 2.24) is 9.80 Å². The molecule has 1 saturated heterocycles. The van der Waals surface area contributed by atoms with Gasteiger partial charge in [0.2, 0.25) is 5.91 Å². The Balaban J connectivity index is 1.42. The van der Waals surface area contributed by atoms with Crippen LogP contribution in [0, 0.1) is 12.7 Å². The van der Waals surface area contributed by atoms with E-state index in [-0.39, 0.29) is 17.6 Å². The molecule has 2 amide bonds. The molecule has 3 rings (SSSR count). The van der Waals surface area contributed by atoms with E-state index < -0.39 is 0 Å². The van der Waals surface area contributed by atoms with Crippen molar-refractivity contribution in [2.24, 2.45) is 0 Å². The van der Waals surface area contributed by atoms with E-state index in [1.165, 1.54) is 29.8 Å². The summed E-state index contributed by atoms with van der Waals surface area (Å²) in [5.74, 6) is 0.424. The van der Waals surface area contributed by atoms with Crippen LogP contribution in [-0.4, -0.2) is 54.4 Å². The molecule has 0 spiro atoms. The number of aryl methyl sites for hydroxylation is 1. The topological polar surface area (TPSA) is 49.9 Å². The first-order valence-electron chi connectivity index (χ1n) is 10.0. The largest absolute Gasteiger partial charge is 0.494 e. The first-order chi connectivity index (χ1) is 14.0. The number of rotatable bonds is 6. The van der Waals surface area contributed by atoms with Gasteiger partial charge in [0, 0.05) is 38.2 Å². The van der Waals surface area contributed by atoms with Crippen LogP contribution in [0.2, 0.25) is 0 Å². The summed E-state index contributed by atoms with van der Waals surface area (Å²) < 4.78 is 18.7. The number of nitrogens with zero attached hydrogens (tertiary/aromatic N) is 2. The third-order valence-corrected chi connectivity index (χ3v) is 5.05. The fourth-order valence-electron chi connectivity index (χ4n) is 3.35. The summed E-state index contributed by atoms with van der Waals surface area (Å²) in [7, 11) is 0. The molecule has 2 aromatic carbocycles. The van der Waals surface area contributed by atoms with Gasteiger partial charge < -0.3 is 14.5 Å². The normalized spacial score (nSPS) is 14.4. The van der Waals surface area contributed by atoms with E-state index in [4.69, 9.17) is 4.74 Å². The number of halogens is 1. The van der Waals surface area contributed by atoms with Gasteiger partial charge in [-0.25, -0.2) is 4.39 Å². The SMILES string of the molecule is Cc1ccc(OCCCC(=O)N2CCCN(C(=O)c3ccc(F)cc3)CC2)cc1. The quantitative estimate of drug-likeness (QED) is 0.698. The summed E-state index contributed by atoms with van der Waals surface area (Å²) in [6.45, 7) is 4.77. The standard InChI is InChI=1S/C23H27FN2O3/c1-18-5-11-21(12-6-18)29-17-2-4-22(27)25-13-3-14-26(16-15-25)23(28)19-7-9-20(24)10-8-19/h5-12H,2-4,13-17H2,1H3. The van der Waals surface area contributed by atoms with E-state index in [1.54, 1.807) is 4.90 Å². The molecule has 154 valence electrons. The summed E-state index contributed by atoms with van der Waals surface area (Å²) in [5, 5.41) is 0. The molecule has 6 heteroatoms. The Morgan fingerprint density at radius 3 is 2.31 bits per heavy atom. The molecule has 1 aliphatic heterocycles. The molecular weight excluding hydrogens is 371 g/mol. The maximum atomic E-state index is 13.1. The van der Waals surface area contributed by atoms with Gasteiger partial charge in [-0.15, -0.1) is 0 Å².